The Kier molecular flexibility index (Phi) is 5.52. The topological polar surface area (TPSA) is 77.7 Å². The normalized spacial score (nSPS) is 22.6. The first-order valence-corrected chi connectivity index (χ1v) is 10.2. The van der Waals surface area contributed by atoms with Crippen molar-refractivity contribution in [3.8, 4) is 0 Å². The Morgan fingerprint density at radius 1 is 1.29 bits per heavy atom. The van der Waals surface area contributed by atoms with Gasteiger partial charge in [-0.05, 0) is 36.4 Å². The lowest BCUT2D eigenvalue weighted by Crippen LogP contribution is -2.56. The minimum absolute atomic E-state index is 0.0145. The van der Waals surface area contributed by atoms with Gasteiger partial charge in [-0.3, -0.25) is 4.79 Å². The second-order valence-electron chi connectivity index (χ2n) is 7.65. The minimum atomic E-state index is -0.0145. The van der Waals surface area contributed by atoms with E-state index in [9.17, 15) is 9.59 Å². The van der Waals surface area contributed by atoms with Gasteiger partial charge in [0, 0.05) is 55.4 Å². The average molecular weight is 384 g/mol. The molecule has 1 aromatic carbocycles. The van der Waals surface area contributed by atoms with Crippen molar-refractivity contribution in [3.63, 3.8) is 0 Å². The standard InChI is InChI=1S/C21H28N4O3/c1-2-7-23-21(27)25-10-11-28-14-17-13-24(9-6-19(17)25)20(26)16-4-3-15-5-8-22-18(15)12-16/h3-5,8,12,17,19,22H,2,6-7,9-11,13-14H2,1H3,(H,23,27)/t17-,19-/m1/s1. The second-order valence-corrected chi connectivity index (χ2v) is 7.65. The van der Waals surface area contributed by atoms with Gasteiger partial charge >= 0.3 is 6.03 Å². The van der Waals surface area contributed by atoms with Crippen LogP contribution in [0.3, 0.4) is 0 Å². The molecule has 7 heteroatoms. The Hall–Kier alpha value is -2.54. The summed E-state index contributed by atoms with van der Waals surface area (Å²) in [7, 11) is 0. The summed E-state index contributed by atoms with van der Waals surface area (Å²) in [6.45, 7) is 5.73. The number of nitrogens with one attached hydrogen (secondary N) is 2. The predicted octanol–water partition coefficient (Wildman–Crippen LogP) is 2.45. The Morgan fingerprint density at radius 2 is 2.18 bits per heavy atom. The van der Waals surface area contributed by atoms with E-state index in [2.05, 4.69) is 10.3 Å². The summed E-state index contributed by atoms with van der Waals surface area (Å²) in [5.74, 6) is 0.183. The van der Waals surface area contributed by atoms with Gasteiger partial charge in [-0.1, -0.05) is 13.0 Å². The maximum absolute atomic E-state index is 13.1. The van der Waals surface area contributed by atoms with Crippen LogP contribution < -0.4 is 5.32 Å². The molecule has 3 heterocycles. The van der Waals surface area contributed by atoms with Gasteiger partial charge in [0.15, 0.2) is 0 Å². The van der Waals surface area contributed by atoms with E-state index < -0.39 is 0 Å². The summed E-state index contributed by atoms with van der Waals surface area (Å²) >= 11 is 0. The molecule has 3 amide bonds. The quantitative estimate of drug-likeness (QED) is 0.853. The van der Waals surface area contributed by atoms with E-state index in [1.54, 1.807) is 0 Å². The fourth-order valence-corrected chi connectivity index (χ4v) is 4.29. The van der Waals surface area contributed by atoms with Gasteiger partial charge in [-0.2, -0.15) is 0 Å². The molecular weight excluding hydrogens is 356 g/mol. The third kappa shape index (κ3) is 3.71. The highest BCUT2D eigenvalue weighted by atomic mass is 16.5. The molecule has 0 aliphatic carbocycles. The number of likely N-dealkylation sites (tertiary alicyclic amines) is 1. The lowest BCUT2D eigenvalue weighted by molar-refractivity contribution is 0.0431. The molecule has 2 N–H and O–H groups in total. The molecule has 0 saturated carbocycles. The third-order valence-corrected chi connectivity index (χ3v) is 5.78. The van der Waals surface area contributed by atoms with Crippen LogP contribution in [0.2, 0.25) is 0 Å². The molecule has 0 spiro atoms. The Morgan fingerprint density at radius 3 is 3.04 bits per heavy atom. The molecular formula is C21H28N4O3. The Bertz CT molecular complexity index is 849. The molecule has 0 bridgehead atoms. The number of hydrogen-bond donors (Lipinski definition) is 2. The summed E-state index contributed by atoms with van der Waals surface area (Å²) in [5.41, 5.74) is 1.66. The zero-order valence-corrected chi connectivity index (χ0v) is 16.3. The molecule has 2 saturated heterocycles. The molecule has 0 radical (unpaired) electrons. The number of hydrogen-bond acceptors (Lipinski definition) is 3. The molecule has 4 rings (SSSR count). The molecule has 1 aromatic heterocycles. The van der Waals surface area contributed by atoms with Crippen molar-refractivity contribution in [1.82, 2.24) is 20.1 Å². The van der Waals surface area contributed by atoms with E-state index in [-0.39, 0.29) is 23.9 Å². The van der Waals surface area contributed by atoms with Crippen LogP contribution in [-0.4, -0.2) is 72.2 Å². The summed E-state index contributed by atoms with van der Waals surface area (Å²) in [4.78, 5) is 32.6. The number of nitrogens with zero attached hydrogens (tertiary/aromatic N) is 2. The number of piperidine rings is 1. The van der Waals surface area contributed by atoms with E-state index in [0.29, 0.717) is 45.0 Å². The molecule has 150 valence electrons. The van der Waals surface area contributed by atoms with E-state index in [1.165, 1.54) is 0 Å². The molecule has 2 aromatic rings. The van der Waals surface area contributed by atoms with Gasteiger partial charge in [-0.25, -0.2) is 4.79 Å². The van der Waals surface area contributed by atoms with Crippen molar-refractivity contribution in [2.24, 2.45) is 5.92 Å². The van der Waals surface area contributed by atoms with Crippen molar-refractivity contribution in [3.05, 3.63) is 36.0 Å². The third-order valence-electron chi connectivity index (χ3n) is 5.78. The average Bonchev–Trinajstić information content (AvgIpc) is 3.09. The number of amides is 3. The van der Waals surface area contributed by atoms with Crippen LogP contribution in [0.25, 0.3) is 10.9 Å². The van der Waals surface area contributed by atoms with Crippen LogP contribution in [0.5, 0.6) is 0 Å². The molecule has 2 aliphatic rings. The highest BCUT2D eigenvalue weighted by molar-refractivity contribution is 5.98. The Balaban J connectivity index is 1.47. The first-order chi connectivity index (χ1) is 13.7. The van der Waals surface area contributed by atoms with Crippen molar-refractivity contribution in [1.29, 1.82) is 0 Å². The number of aromatic nitrogens is 1. The first-order valence-electron chi connectivity index (χ1n) is 10.2. The van der Waals surface area contributed by atoms with Crippen molar-refractivity contribution in [2.75, 3.05) is 39.4 Å². The fourth-order valence-electron chi connectivity index (χ4n) is 4.29. The zero-order valence-electron chi connectivity index (χ0n) is 16.3. The van der Waals surface area contributed by atoms with Crippen molar-refractivity contribution < 1.29 is 14.3 Å². The lowest BCUT2D eigenvalue weighted by atomic mass is 9.91. The van der Waals surface area contributed by atoms with Gasteiger partial charge in [0.25, 0.3) is 5.91 Å². The van der Waals surface area contributed by atoms with E-state index in [4.69, 9.17) is 4.74 Å². The van der Waals surface area contributed by atoms with Gasteiger partial charge in [0.1, 0.15) is 0 Å². The molecule has 2 fully saturated rings. The van der Waals surface area contributed by atoms with Crippen LogP contribution in [0, 0.1) is 5.92 Å². The summed E-state index contributed by atoms with van der Waals surface area (Å²) < 4.78 is 5.77. The van der Waals surface area contributed by atoms with E-state index >= 15 is 0 Å². The van der Waals surface area contributed by atoms with E-state index in [0.717, 1.165) is 23.7 Å². The number of carbonyl (C=O) groups excluding carboxylic acids is 2. The van der Waals surface area contributed by atoms with Gasteiger partial charge < -0.3 is 24.8 Å². The molecule has 28 heavy (non-hydrogen) atoms. The van der Waals surface area contributed by atoms with Crippen LogP contribution in [0.1, 0.15) is 30.1 Å². The number of benzene rings is 1. The zero-order chi connectivity index (χ0) is 19.5. The first kappa shape index (κ1) is 18.8. The largest absolute Gasteiger partial charge is 0.379 e. The lowest BCUT2D eigenvalue weighted by Gasteiger charge is -2.42. The highest BCUT2D eigenvalue weighted by Gasteiger charge is 2.38. The smallest absolute Gasteiger partial charge is 0.317 e. The summed E-state index contributed by atoms with van der Waals surface area (Å²) in [5, 5.41) is 4.08. The number of fused-ring (bicyclic) bond motifs is 2. The van der Waals surface area contributed by atoms with E-state index in [1.807, 2.05) is 47.2 Å². The SMILES string of the molecule is CCCNC(=O)N1CCOC[C@H]2CN(C(=O)c3ccc4cc[nH]c4c3)CC[C@H]21. The number of carbonyl (C=O) groups is 2. The number of ether oxygens (including phenoxy) is 1. The van der Waals surface area contributed by atoms with Crippen LogP contribution in [0.4, 0.5) is 4.79 Å². The Labute approximate surface area is 165 Å². The number of rotatable bonds is 3. The molecule has 0 unspecified atom stereocenters. The monoisotopic (exact) mass is 384 g/mol. The van der Waals surface area contributed by atoms with Crippen molar-refractivity contribution >= 4 is 22.8 Å². The van der Waals surface area contributed by atoms with Crippen LogP contribution in [-0.2, 0) is 4.74 Å². The summed E-state index contributed by atoms with van der Waals surface area (Å²) in [6.07, 6.45) is 3.58. The summed E-state index contributed by atoms with van der Waals surface area (Å²) in [6, 6.07) is 7.88. The van der Waals surface area contributed by atoms with Crippen LogP contribution >= 0.6 is 0 Å². The minimum Gasteiger partial charge on any atom is -0.379 e. The second kappa shape index (κ2) is 8.22. The number of urea groups is 1. The molecule has 2 aliphatic heterocycles. The maximum Gasteiger partial charge on any atom is 0.317 e. The van der Waals surface area contributed by atoms with Gasteiger partial charge in [-0.15, -0.1) is 0 Å². The van der Waals surface area contributed by atoms with Gasteiger partial charge in [0.2, 0.25) is 0 Å². The fraction of sp³-hybridized carbons (Fsp3) is 0.524. The van der Waals surface area contributed by atoms with Gasteiger partial charge in [0.05, 0.1) is 13.2 Å². The number of aromatic amines is 1. The van der Waals surface area contributed by atoms with Crippen LogP contribution in [0.15, 0.2) is 30.5 Å². The molecule has 2 atom stereocenters. The maximum atomic E-state index is 13.1. The predicted molar refractivity (Wildman–Crippen MR) is 107 cm³/mol. The molecule has 7 nitrogen and oxygen atoms in total. The number of H-pyrrole nitrogens is 1. The van der Waals surface area contributed by atoms with Crippen molar-refractivity contribution in [2.45, 2.75) is 25.8 Å². The highest BCUT2D eigenvalue weighted by Crippen LogP contribution is 2.27.